The summed E-state index contributed by atoms with van der Waals surface area (Å²) < 4.78 is 6.45. The van der Waals surface area contributed by atoms with Gasteiger partial charge in [-0.3, -0.25) is 9.69 Å². The van der Waals surface area contributed by atoms with Crippen molar-refractivity contribution in [3.63, 3.8) is 0 Å². The molecule has 0 spiro atoms. The van der Waals surface area contributed by atoms with Crippen molar-refractivity contribution in [3.05, 3.63) is 29.3 Å². The van der Waals surface area contributed by atoms with Gasteiger partial charge in [-0.05, 0) is 39.3 Å². The lowest BCUT2D eigenvalue weighted by atomic mass is 9.88. The summed E-state index contributed by atoms with van der Waals surface area (Å²) in [7, 11) is 0. The van der Waals surface area contributed by atoms with Gasteiger partial charge in [-0.15, -0.1) is 11.3 Å². The van der Waals surface area contributed by atoms with Gasteiger partial charge in [0.25, 0.3) is 0 Å². The molecule has 3 aromatic rings. The number of piperazine rings is 1. The molecule has 5 heterocycles. The number of anilines is 1. The summed E-state index contributed by atoms with van der Waals surface area (Å²) in [4.78, 5) is 37.5. The van der Waals surface area contributed by atoms with E-state index in [4.69, 9.17) is 9.72 Å². The zero-order valence-corrected chi connectivity index (χ0v) is 18.6. The lowest BCUT2D eigenvalue weighted by molar-refractivity contribution is -0.0379. The van der Waals surface area contributed by atoms with Crippen molar-refractivity contribution in [2.75, 3.05) is 18.0 Å². The fourth-order valence-corrected chi connectivity index (χ4v) is 5.90. The molecule has 3 aliphatic heterocycles. The lowest BCUT2D eigenvalue weighted by Crippen LogP contribution is -2.70. The van der Waals surface area contributed by atoms with Crippen molar-refractivity contribution < 1.29 is 14.3 Å². The van der Waals surface area contributed by atoms with Gasteiger partial charge in [0.05, 0.1) is 22.3 Å². The molecule has 1 amide bonds. The van der Waals surface area contributed by atoms with E-state index >= 15 is 0 Å². The Bertz CT molecular complexity index is 1110. The number of ether oxygens (including phenoxy) is 1. The number of aromatic nitrogens is 2. The van der Waals surface area contributed by atoms with Crippen molar-refractivity contribution in [2.24, 2.45) is 0 Å². The van der Waals surface area contributed by atoms with E-state index in [1.807, 2.05) is 43.2 Å². The molecule has 9 heteroatoms. The molecule has 2 bridgehead atoms. The molecule has 2 aromatic heterocycles. The molecular formula is C21H22N4O3S2. The Morgan fingerprint density at radius 1 is 1.27 bits per heavy atom. The highest BCUT2D eigenvalue weighted by Crippen LogP contribution is 2.41. The number of benzene rings is 1. The number of hydrogen-bond donors (Lipinski definition) is 0. The molecule has 7 nitrogen and oxygen atoms in total. The second-order valence-corrected chi connectivity index (χ2v) is 10.5. The number of piperidine rings is 1. The highest BCUT2D eigenvalue weighted by Gasteiger charge is 2.49. The Balaban J connectivity index is 1.43. The van der Waals surface area contributed by atoms with Crippen molar-refractivity contribution >= 4 is 50.4 Å². The Morgan fingerprint density at radius 2 is 2.03 bits per heavy atom. The van der Waals surface area contributed by atoms with Gasteiger partial charge in [0.2, 0.25) is 0 Å². The van der Waals surface area contributed by atoms with E-state index in [2.05, 4.69) is 9.88 Å². The van der Waals surface area contributed by atoms with Crippen LogP contribution in [0, 0.1) is 0 Å². The molecular weight excluding hydrogens is 420 g/mol. The third kappa shape index (κ3) is 3.26. The van der Waals surface area contributed by atoms with Crippen molar-refractivity contribution in [2.45, 2.75) is 44.9 Å². The molecule has 2 atom stereocenters. The number of fused-ring (bicyclic) bond motifs is 3. The first-order chi connectivity index (χ1) is 14.3. The van der Waals surface area contributed by atoms with Gasteiger partial charge < -0.3 is 9.64 Å². The summed E-state index contributed by atoms with van der Waals surface area (Å²) in [6.45, 7) is 7.10. The average Bonchev–Trinajstić information content (AvgIpc) is 3.36. The maximum Gasteiger partial charge on any atom is 0.410 e. The van der Waals surface area contributed by atoms with Crippen LogP contribution in [-0.4, -0.2) is 58.0 Å². The Hall–Kier alpha value is -2.52. The van der Waals surface area contributed by atoms with Crippen molar-refractivity contribution in [1.82, 2.24) is 14.9 Å². The van der Waals surface area contributed by atoms with Crippen LogP contribution < -0.4 is 4.90 Å². The van der Waals surface area contributed by atoms with Crippen LogP contribution in [0.3, 0.4) is 0 Å². The number of rotatable bonds is 3. The molecule has 0 aliphatic carbocycles. The van der Waals surface area contributed by atoms with Gasteiger partial charge in [-0.2, -0.15) is 0 Å². The lowest BCUT2D eigenvalue weighted by Gasteiger charge is -2.55. The van der Waals surface area contributed by atoms with E-state index in [0.29, 0.717) is 5.56 Å². The molecule has 1 aromatic carbocycles. The van der Waals surface area contributed by atoms with Gasteiger partial charge >= 0.3 is 6.09 Å². The molecule has 0 saturated carbocycles. The summed E-state index contributed by atoms with van der Waals surface area (Å²) in [6, 6.07) is 4.03. The first-order valence-corrected chi connectivity index (χ1v) is 11.6. The number of carbonyl (C=O) groups is 2. The predicted octanol–water partition coefficient (Wildman–Crippen LogP) is 4.43. The van der Waals surface area contributed by atoms with Crippen LogP contribution in [0.4, 0.5) is 9.93 Å². The number of carbonyl (C=O) groups excluding carboxylic acids is 2. The topological polar surface area (TPSA) is 75.6 Å². The number of amides is 1. The second kappa shape index (κ2) is 7.02. The minimum atomic E-state index is -0.495. The Kier molecular flexibility index (Phi) is 4.55. The fourth-order valence-electron chi connectivity index (χ4n) is 4.15. The molecule has 3 saturated heterocycles. The molecule has 2 unspecified atom stereocenters. The predicted molar refractivity (Wildman–Crippen MR) is 119 cm³/mol. The molecule has 0 N–H and O–H groups in total. The van der Waals surface area contributed by atoms with Gasteiger partial charge in [-0.1, -0.05) is 11.3 Å². The maximum absolute atomic E-state index is 12.5. The maximum atomic E-state index is 12.5. The molecule has 3 fully saturated rings. The van der Waals surface area contributed by atoms with Crippen LogP contribution in [0.25, 0.3) is 20.8 Å². The smallest absolute Gasteiger partial charge is 0.410 e. The van der Waals surface area contributed by atoms with E-state index < -0.39 is 5.60 Å². The first kappa shape index (κ1) is 19.4. The van der Waals surface area contributed by atoms with E-state index in [-0.39, 0.29) is 18.2 Å². The van der Waals surface area contributed by atoms with E-state index in [1.165, 1.54) is 11.3 Å². The second-order valence-electron chi connectivity index (χ2n) is 8.67. The number of hydrogen-bond acceptors (Lipinski definition) is 8. The average molecular weight is 443 g/mol. The Labute approximate surface area is 182 Å². The van der Waals surface area contributed by atoms with Gasteiger partial charge in [-0.25, -0.2) is 14.8 Å². The van der Waals surface area contributed by atoms with Crippen LogP contribution in [0.15, 0.2) is 23.7 Å². The summed E-state index contributed by atoms with van der Waals surface area (Å²) in [5.41, 5.74) is 1.92. The van der Waals surface area contributed by atoms with Gasteiger partial charge in [0.15, 0.2) is 11.4 Å². The van der Waals surface area contributed by atoms with Crippen LogP contribution >= 0.6 is 22.7 Å². The SMILES string of the molecule is CC(C)(C)OC(=O)N1C2CC1CN(c1nc3c(-c4nccs4)ccc(C=O)c3s1)C2. The summed E-state index contributed by atoms with van der Waals surface area (Å²) in [6.07, 6.45) is 3.41. The molecule has 0 radical (unpaired) electrons. The van der Waals surface area contributed by atoms with E-state index in [9.17, 15) is 9.59 Å². The standard InChI is InChI=1S/C21H22N4O3S2/c1-21(2,3)28-20(27)25-13-8-14(25)10-24(9-13)19-23-16-15(18-22-6-7-29-18)5-4-12(11-26)17(16)30-19/h4-7,11,13-14H,8-10H2,1-3H3. The van der Waals surface area contributed by atoms with Crippen LogP contribution in [0.5, 0.6) is 0 Å². The molecule has 30 heavy (non-hydrogen) atoms. The summed E-state index contributed by atoms with van der Waals surface area (Å²) in [5, 5.41) is 3.72. The number of nitrogens with zero attached hydrogens (tertiary/aromatic N) is 4. The number of aldehydes is 1. The zero-order chi connectivity index (χ0) is 21.0. The zero-order valence-electron chi connectivity index (χ0n) is 17.0. The summed E-state index contributed by atoms with van der Waals surface area (Å²) in [5.74, 6) is 0. The van der Waals surface area contributed by atoms with Crippen LogP contribution in [0.2, 0.25) is 0 Å². The minimum absolute atomic E-state index is 0.134. The highest BCUT2D eigenvalue weighted by molar-refractivity contribution is 7.22. The number of thiazole rings is 2. The monoisotopic (exact) mass is 442 g/mol. The van der Waals surface area contributed by atoms with E-state index in [0.717, 1.165) is 51.7 Å². The minimum Gasteiger partial charge on any atom is -0.444 e. The van der Waals surface area contributed by atoms with Gasteiger partial charge in [0, 0.05) is 35.8 Å². The molecule has 6 rings (SSSR count). The van der Waals surface area contributed by atoms with Crippen molar-refractivity contribution in [1.29, 1.82) is 0 Å². The third-order valence-corrected chi connectivity index (χ3v) is 7.39. The normalized spacial score (nSPS) is 20.9. The highest BCUT2D eigenvalue weighted by atomic mass is 32.1. The first-order valence-electron chi connectivity index (χ1n) is 9.89. The summed E-state index contributed by atoms with van der Waals surface area (Å²) >= 11 is 3.09. The third-order valence-electron chi connectivity index (χ3n) is 5.42. The van der Waals surface area contributed by atoms with Gasteiger partial charge in [0.1, 0.15) is 10.6 Å². The van der Waals surface area contributed by atoms with Crippen LogP contribution in [0.1, 0.15) is 37.6 Å². The van der Waals surface area contributed by atoms with E-state index in [1.54, 1.807) is 17.5 Å². The fraction of sp³-hybridized carbons (Fsp3) is 0.429. The quantitative estimate of drug-likeness (QED) is 0.559. The molecule has 3 aliphatic rings. The van der Waals surface area contributed by atoms with Crippen molar-refractivity contribution in [3.8, 4) is 10.6 Å². The Morgan fingerprint density at radius 3 is 2.67 bits per heavy atom. The largest absolute Gasteiger partial charge is 0.444 e. The van der Waals surface area contributed by atoms with Crippen LogP contribution in [-0.2, 0) is 4.74 Å². The molecule has 156 valence electrons.